The summed E-state index contributed by atoms with van der Waals surface area (Å²) in [5, 5.41) is 23.3. The van der Waals surface area contributed by atoms with Crippen LogP contribution in [-0.4, -0.2) is 71.7 Å². The van der Waals surface area contributed by atoms with Gasteiger partial charge in [-0.1, -0.05) is 0 Å². The van der Waals surface area contributed by atoms with Gasteiger partial charge in [-0.05, 0) is 59.7 Å². The molecule has 10 nitrogen and oxygen atoms in total. The van der Waals surface area contributed by atoms with Crippen LogP contribution in [-0.2, 0) is 16.1 Å². The Hall–Kier alpha value is -2.90. The molecule has 0 bridgehead atoms. The van der Waals surface area contributed by atoms with Crippen molar-refractivity contribution in [3.05, 3.63) is 57.1 Å². The second kappa shape index (κ2) is 12.1. The van der Waals surface area contributed by atoms with Gasteiger partial charge in [0.05, 0.1) is 35.9 Å². The lowest BCUT2D eigenvalue weighted by Gasteiger charge is -2.40. The third-order valence-corrected chi connectivity index (χ3v) is 7.20. The zero-order chi connectivity index (χ0) is 26.5. The van der Waals surface area contributed by atoms with Crippen molar-refractivity contribution in [2.45, 2.75) is 44.1 Å². The monoisotopic (exact) mass is 624 g/mol. The summed E-state index contributed by atoms with van der Waals surface area (Å²) < 4.78 is 17.4. The first-order chi connectivity index (χ1) is 17.9. The number of nitrogens with zero attached hydrogens (tertiary/aromatic N) is 1. The van der Waals surface area contributed by atoms with Crippen LogP contribution in [0.2, 0.25) is 0 Å². The Morgan fingerprint density at radius 1 is 1.32 bits per heavy atom. The summed E-state index contributed by atoms with van der Waals surface area (Å²) in [5.74, 6) is -0.0249. The largest absolute Gasteiger partial charge is 0.493 e. The normalized spacial score (nSPS) is 21.1. The van der Waals surface area contributed by atoms with Gasteiger partial charge < -0.3 is 34.3 Å². The third kappa shape index (κ3) is 6.33. The number of hydrogen-bond donors (Lipinski definition) is 3. The van der Waals surface area contributed by atoms with Crippen molar-refractivity contribution in [2.24, 2.45) is 5.92 Å². The summed E-state index contributed by atoms with van der Waals surface area (Å²) in [6.07, 6.45) is 4.78. The molecule has 1 saturated carbocycles. The number of amides is 2. The number of hydrogen-bond acceptors (Lipinski definition) is 8. The Bertz CT molecular complexity index is 1160. The molecule has 4 rings (SSSR count). The summed E-state index contributed by atoms with van der Waals surface area (Å²) in [6.45, 7) is 0.0461. The molecule has 1 aromatic heterocycles. The molecule has 198 valence electrons. The Morgan fingerprint density at radius 3 is 2.73 bits per heavy atom. The predicted molar refractivity (Wildman–Crippen MR) is 140 cm³/mol. The fourth-order valence-corrected chi connectivity index (χ4v) is 5.09. The minimum atomic E-state index is -1.17. The summed E-state index contributed by atoms with van der Waals surface area (Å²) in [6, 6.07) is 4.14. The van der Waals surface area contributed by atoms with Crippen LogP contribution in [0.1, 0.15) is 35.2 Å². The first kappa shape index (κ1) is 27.1. The zero-order valence-corrected chi connectivity index (χ0v) is 22.4. The van der Waals surface area contributed by atoms with E-state index in [1.54, 1.807) is 23.3 Å². The fourth-order valence-electron chi connectivity index (χ4n) is 4.34. The number of aldehydes is 1. The van der Waals surface area contributed by atoms with E-state index >= 15 is 0 Å². The van der Waals surface area contributed by atoms with E-state index in [1.165, 1.54) is 25.5 Å². The molecule has 1 heterocycles. The molecule has 3 N–H and O–H groups in total. The van der Waals surface area contributed by atoms with Crippen LogP contribution < -0.4 is 14.8 Å². The van der Waals surface area contributed by atoms with Gasteiger partial charge in [-0.3, -0.25) is 14.4 Å². The number of rotatable bonds is 11. The molecule has 0 radical (unpaired) electrons. The van der Waals surface area contributed by atoms with Gasteiger partial charge in [-0.25, -0.2) is 0 Å². The average molecular weight is 624 g/mol. The number of halogens is 1. The number of carbonyl (C=O) groups excluding carboxylic acids is 3. The van der Waals surface area contributed by atoms with Crippen LogP contribution in [0.5, 0.6) is 11.5 Å². The highest BCUT2D eigenvalue weighted by molar-refractivity contribution is 14.1. The molecule has 3 atom stereocenters. The highest BCUT2D eigenvalue weighted by atomic mass is 127. The number of aliphatic hydroxyl groups is 2. The fraction of sp³-hybridized carbons (Fsp3) is 0.423. The second-order valence-corrected chi connectivity index (χ2v) is 10.2. The van der Waals surface area contributed by atoms with Crippen molar-refractivity contribution in [2.75, 3.05) is 20.3 Å². The molecule has 1 fully saturated rings. The smallest absolute Gasteiger partial charge is 0.247 e. The minimum absolute atomic E-state index is 0.0630. The van der Waals surface area contributed by atoms with Crippen molar-refractivity contribution < 1.29 is 38.5 Å². The SMILES string of the molecule is COc1cc(C=O)cc(I)c1O[C@H]1C=C(C(=O)NCCO)C[C@@H](N(Cc2ccoc2)C(=O)C2CC2)[C@@H]1O. The number of aliphatic hydroxyl groups excluding tert-OH is 2. The van der Waals surface area contributed by atoms with Crippen LogP contribution in [0.3, 0.4) is 0 Å². The van der Waals surface area contributed by atoms with E-state index in [-0.39, 0.29) is 37.9 Å². The molecular formula is C26H29IN2O8. The van der Waals surface area contributed by atoms with Crippen molar-refractivity contribution >= 4 is 40.7 Å². The predicted octanol–water partition coefficient (Wildman–Crippen LogP) is 2.06. The van der Waals surface area contributed by atoms with E-state index in [9.17, 15) is 19.5 Å². The van der Waals surface area contributed by atoms with Crippen LogP contribution in [0.15, 0.2) is 46.8 Å². The van der Waals surface area contributed by atoms with Gasteiger partial charge in [0.25, 0.3) is 0 Å². The van der Waals surface area contributed by atoms with Gasteiger partial charge in [-0.2, -0.15) is 0 Å². The number of carbonyl (C=O) groups is 3. The molecule has 0 spiro atoms. The second-order valence-electron chi connectivity index (χ2n) is 9.04. The number of methoxy groups -OCH3 is 1. The summed E-state index contributed by atoms with van der Waals surface area (Å²) in [7, 11) is 1.44. The number of ether oxygens (including phenoxy) is 2. The first-order valence-corrected chi connectivity index (χ1v) is 13.0. The highest BCUT2D eigenvalue weighted by Crippen LogP contribution is 2.38. The van der Waals surface area contributed by atoms with Crippen LogP contribution in [0.4, 0.5) is 0 Å². The lowest BCUT2D eigenvalue weighted by atomic mass is 9.87. The maximum absolute atomic E-state index is 13.4. The number of furan rings is 1. The van der Waals surface area contributed by atoms with Gasteiger partial charge in [0.15, 0.2) is 11.5 Å². The van der Waals surface area contributed by atoms with Crippen molar-refractivity contribution in [3.63, 3.8) is 0 Å². The van der Waals surface area contributed by atoms with Gasteiger partial charge in [0.2, 0.25) is 11.8 Å². The highest BCUT2D eigenvalue weighted by Gasteiger charge is 2.44. The van der Waals surface area contributed by atoms with Crippen molar-refractivity contribution in [1.82, 2.24) is 10.2 Å². The third-order valence-electron chi connectivity index (χ3n) is 6.40. The molecule has 0 unspecified atom stereocenters. The van der Waals surface area contributed by atoms with Crippen molar-refractivity contribution in [1.29, 1.82) is 0 Å². The molecule has 0 saturated heterocycles. The molecule has 1 aromatic carbocycles. The van der Waals surface area contributed by atoms with Gasteiger partial charge >= 0.3 is 0 Å². The number of benzene rings is 1. The zero-order valence-electron chi connectivity index (χ0n) is 20.3. The summed E-state index contributed by atoms with van der Waals surface area (Å²) >= 11 is 2.01. The Balaban J connectivity index is 1.70. The van der Waals surface area contributed by atoms with E-state index in [4.69, 9.17) is 19.0 Å². The molecular weight excluding hydrogens is 595 g/mol. The summed E-state index contributed by atoms with van der Waals surface area (Å²) in [5.41, 5.74) is 1.49. The average Bonchev–Trinajstić information content (AvgIpc) is 3.63. The van der Waals surface area contributed by atoms with Crippen LogP contribution >= 0.6 is 22.6 Å². The lowest BCUT2D eigenvalue weighted by Crippen LogP contribution is -2.55. The maximum atomic E-state index is 13.4. The standard InChI is InChI=1S/C26H29IN2O8/c1-35-22-9-16(13-31)8-19(27)24(22)37-21-11-18(25(33)28-5-6-30)10-20(23(21)32)29(26(34)17-2-3-17)12-15-4-7-36-14-15/h4,7-9,11,13-14,17,20-21,23,30,32H,2-3,5-6,10,12H2,1H3,(H,28,33)/t20-,21+,23+/m1/s1. The Kier molecular flexibility index (Phi) is 8.87. The molecule has 2 amide bonds. The lowest BCUT2D eigenvalue weighted by molar-refractivity contribution is -0.140. The first-order valence-electron chi connectivity index (χ1n) is 11.9. The van der Waals surface area contributed by atoms with Crippen LogP contribution in [0.25, 0.3) is 0 Å². The van der Waals surface area contributed by atoms with E-state index in [0.29, 0.717) is 32.5 Å². The molecule has 0 aliphatic heterocycles. The van der Waals surface area contributed by atoms with E-state index in [0.717, 1.165) is 18.4 Å². The van der Waals surface area contributed by atoms with E-state index in [1.807, 2.05) is 22.6 Å². The van der Waals surface area contributed by atoms with E-state index in [2.05, 4.69) is 5.32 Å². The van der Waals surface area contributed by atoms with Crippen molar-refractivity contribution in [3.8, 4) is 11.5 Å². The topological polar surface area (TPSA) is 139 Å². The minimum Gasteiger partial charge on any atom is -0.493 e. The number of nitrogens with one attached hydrogen (secondary N) is 1. The molecule has 11 heteroatoms. The maximum Gasteiger partial charge on any atom is 0.247 e. The van der Waals surface area contributed by atoms with Gasteiger partial charge in [0, 0.05) is 42.1 Å². The van der Waals surface area contributed by atoms with E-state index < -0.39 is 24.2 Å². The molecule has 2 aromatic rings. The van der Waals surface area contributed by atoms with Crippen LogP contribution in [0, 0.1) is 9.49 Å². The Labute approximate surface area is 227 Å². The molecule has 2 aliphatic carbocycles. The van der Waals surface area contributed by atoms with Gasteiger partial charge in [-0.15, -0.1) is 0 Å². The Morgan fingerprint density at radius 2 is 2.11 bits per heavy atom. The molecule has 2 aliphatic rings. The molecule has 37 heavy (non-hydrogen) atoms. The summed E-state index contributed by atoms with van der Waals surface area (Å²) in [4.78, 5) is 39.2. The van der Waals surface area contributed by atoms with Gasteiger partial charge in [0.1, 0.15) is 18.5 Å². The quantitative estimate of drug-likeness (QED) is 0.255.